The van der Waals surface area contributed by atoms with Crippen molar-refractivity contribution in [1.82, 2.24) is 5.32 Å². The number of rotatable bonds is 11. The summed E-state index contributed by atoms with van der Waals surface area (Å²) in [6.45, 7) is 2.68. The molecule has 2 heterocycles. The summed E-state index contributed by atoms with van der Waals surface area (Å²) < 4.78 is 22.6. The first-order chi connectivity index (χ1) is 19.5. The molecule has 2 N–H and O–H groups in total. The van der Waals surface area contributed by atoms with Gasteiger partial charge in [0.25, 0.3) is 5.91 Å². The zero-order valence-corrected chi connectivity index (χ0v) is 21.9. The van der Waals surface area contributed by atoms with Gasteiger partial charge in [0.2, 0.25) is 12.7 Å². The van der Waals surface area contributed by atoms with Crippen molar-refractivity contribution in [2.45, 2.75) is 38.0 Å². The average molecular weight is 544 g/mol. The predicted molar refractivity (Wildman–Crippen MR) is 147 cm³/mol. The minimum absolute atomic E-state index is 0.0578. The molecule has 0 saturated carbocycles. The van der Waals surface area contributed by atoms with Crippen LogP contribution in [0.4, 0.5) is 5.69 Å². The van der Waals surface area contributed by atoms with E-state index in [1.165, 1.54) is 0 Å². The molecule has 0 bridgehead atoms. The molecule has 0 aliphatic carbocycles. The number of aliphatic imine (C=N–C) groups is 1. The van der Waals surface area contributed by atoms with Crippen molar-refractivity contribution < 1.29 is 28.8 Å². The summed E-state index contributed by atoms with van der Waals surface area (Å²) in [7, 11) is 0. The van der Waals surface area contributed by atoms with Crippen LogP contribution in [0.25, 0.3) is 10.4 Å². The predicted octanol–water partition coefficient (Wildman–Crippen LogP) is 4.58. The third-order valence-corrected chi connectivity index (χ3v) is 6.82. The van der Waals surface area contributed by atoms with Gasteiger partial charge in [-0.3, -0.25) is 4.79 Å². The van der Waals surface area contributed by atoms with Crippen molar-refractivity contribution in [3.05, 3.63) is 93.9 Å². The number of nitrogens with zero attached hydrogens (tertiary/aromatic N) is 4. The highest BCUT2D eigenvalue weighted by atomic mass is 16.7. The number of ether oxygens (including phenoxy) is 4. The molecule has 3 aromatic carbocycles. The largest absolute Gasteiger partial charge is 0.494 e. The van der Waals surface area contributed by atoms with Crippen LogP contribution < -0.4 is 19.5 Å². The summed E-state index contributed by atoms with van der Waals surface area (Å²) in [4.78, 5) is 21.7. The maximum Gasteiger partial charge on any atom is 0.252 e. The van der Waals surface area contributed by atoms with Gasteiger partial charge in [0.05, 0.1) is 6.61 Å². The molecule has 2 aliphatic rings. The quantitative estimate of drug-likeness (QED) is 0.157. The van der Waals surface area contributed by atoms with Crippen LogP contribution >= 0.6 is 0 Å². The monoisotopic (exact) mass is 543 g/mol. The molecule has 0 aromatic heterocycles. The number of nitrogens with one attached hydrogen (secondary N) is 1. The van der Waals surface area contributed by atoms with Crippen molar-refractivity contribution >= 4 is 17.5 Å². The number of hydrogen-bond acceptors (Lipinski definition) is 8. The number of benzene rings is 3. The number of aliphatic hydroxyl groups excluding tert-OH is 1. The zero-order chi connectivity index (χ0) is 28.0. The second-order valence-corrected chi connectivity index (χ2v) is 9.42. The number of fused-ring (bicyclic) bond motifs is 1. The topological polar surface area (TPSA) is 147 Å². The first-order valence-corrected chi connectivity index (χ1v) is 12.9. The smallest absolute Gasteiger partial charge is 0.252 e. The van der Waals surface area contributed by atoms with Crippen LogP contribution in [0.1, 0.15) is 30.0 Å². The lowest BCUT2D eigenvalue weighted by Gasteiger charge is -2.28. The summed E-state index contributed by atoms with van der Waals surface area (Å²) in [6, 6.07) is 19.8. The van der Waals surface area contributed by atoms with Gasteiger partial charge in [-0.25, -0.2) is 4.99 Å². The van der Waals surface area contributed by atoms with E-state index in [4.69, 9.17) is 34.6 Å². The van der Waals surface area contributed by atoms with Crippen LogP contribution in [-0.4, -0.2) is 48.6 Å². The minimum atomic E-state index is -1.33. The lowest BCUT2D eigenvalue weighted by Crippen LogP contribution is -2.52. The van der Waals surface area contributed by atoms with Gasteiger partial charge in [-0.05, 0) is 60.0 Å². The Kier molecular flexibility index (Phi) is 8.04. The standard InChI is InChI=1S/C29H29N5O6/c1-19-29(16-22-5-2-3-6-24(22)33-34-30,28(36)31-17-20-7-12-25-26(15-20)39-18-38-25)32-27(40-19)21-8-10-23(11-9-21)37-14-4-13-35/h2-3,5-12,15,19,35H,4,13-14,16-18H2,1H3,(H,31,36)/t19-,29-/m1/s1. The lowest BCUT2D eigenvalue weighted by molar-refractivity contribution is -0.128. The Morgan fingerprint density at radius 2 is 1.98 bits per heavy atom. The van der Waals surface area contributed by atoms with E-state index in [2.05, 4.69) is 15.3 Å². The Morgan fingerprint density at radius 3 is 2.77 bits per heavy atom. The maximum absolute atomic E-state index is 13.9. The van der Waals surface area contributed by atoms with E-state index in [-0.39, 0.29) is 32.3 Å². The molecule has 2 atom stereocenters. The lowest BCUT2D eigenvalue weighted by atomic mass is 9.85. The van der Waals surface area contributed by atoms with Crippen molar-refractivity contribution in [3.8, 4) is 17.2 Å². The molecule has 0 unspecified atom stereocenters. The van der Waals surface area contributed by atoms with Gasteiger partial charge in [0.15, 0.2) is 17.0 Å². The summed E-state index contributed by atoms with van der Waals surface area (Å²) in [5, 5.41) is 15.8. The van der Waals surface area contributed by atoms with Crippen molar-refractivity contribution in [3.63, 3.8) is 0 Å². The number of aliphatic hydroxyl groups is 1. The Labute approximate surface area is 231 Å². The Bertz CT molecular complexity index is 1450. The van der Waals surface area contributed by atoms with Gasteiger partial charge >= 0.3 is 0 Å². The molecule has 0 spiro atoms. The summed E-state index contributed by atoms with van der Waals surface area (Å²) in [6.07, 6.45) is 0.0669. The maximum atomic E-state index is 13.9. The van der Waals surface area contributed by atoms with E-state index in [1.807, 2.05) is 42.5 Å². The Hall–Kier alpha value is -4.73. The normalized spacial score (nSPS) is 18.9. The second-order valence-electron chi connectivity index (χ2n) is 9.42. The molecule has 3 aromatic rings. The van der Waals surface area contributed by atoms with Gasteiger partial charge < -0.3 is 29.4 Å². The fourth-order valence-electron chi connectivity index (χ4n) is 4.63. The van der Waals surface area contributed by atoms with Crippen molar-refractivity contribution in [2.24, 2.45) is 10.1 Å². The van der Waals surface area contributed by atoms with Gasteiger partial charge in [0, 0.05) is 42.2 Å². The zero-order valence-electron chi connectivity index (χ0n) is 21.9. The number of carbonyl (C=O) groups excluding carboxylic acids is 1. The molecule has 0 fully saturated rings. The second kappa shape index (κ2) is 12.0. The molecular formula is C29H29N5O6. The molecular weight excluding hydrogens is 514 g/mol. The highest BCUT2D eigenvalue weighted by Gasteiger charge is 2.50. The van der Waals surface area contributed by atoms with E-state index in [0.29, 0.717) is 53.0 Å². The van der Waals surface area contributed by atoms with Crippen LogP contribution in [0.2, 0.25) is 0 Å². The molecule has 2 aliphatic heterocycles. The first kappa shape index (κ1) is 26.9. The molecule has 1 amide bonds. The van der Waals surface area contributed by atoms with Crippen LogP contribution in [0.15, 0.2) is 76.8 Å². The Balaban J connectivity index is 1.43. The van der Waals surface area contributed by atoms with Gasteiger partial charge in [-0.2, -0.15) is 0 Å². The van der Waals surface area contributed by atoms with Crippen molar-refractivity contribution in [2.75, 3.05) is 20.0 Å². The van der Waals surface area contributed by atoms with Gasteiger partial charge in [-0.15, -0.1) is 0 Å². The third-order valence-electron chi connectivity index (χ3n) is 6.82. The molecule has 40 heavy (non-hydrogen) atoms. The number of azide groups is 1. The number of carbonyl (C=O) groups is 1. The molecule has 206 valence electrons. The summed E-state index contributed by atoms with van der Waals surface area (Å²) in [5.74, 6) is 1.95. The van der Waals surface area contributed by atoms with Crippen molar-refractivity contribution in [1.29, 1.82) is 0 Å². The molecule has 5 rings (SSSR count). The SMILES string of the molecule is C[C@H]1OC(c2ccc(OCCCO)cc2)=N[C@@]1(Cc1ccccc1N=[N+]=[N-])C(=O)NCc1ccc2c(c1)OCO2. The highest BCUT2D eigenvalue weighted by Crippen LogP contribution is 2.36. The van der Waals surface area contributed by atoms with E-state index < -0.39 is 11.6 Å². The molecule has 0 radical (unpaired) electrons. The van der Waals surface area contributed by atoms with Crippen LogP contribution in [-0.2, 0) is 22.5 Å². The average Bonchev–Trinajstić information content (AvgIpc) is 3.58. The van der Waals surface area contributed by atoms with E-state index in [0.717, 1.165) is 5.56 Å². The molecule has 0 saturated heterocycles. The molecule has 11 nitrogen and oxygen atoms in total. The van der Waals surface area contributed by atoms with E-state index in [1.54, 1.807) is 31.2 Å². The summed E-state index contributed by atoms with van der Waals surface area (Å²) in [5.41, 5.74) is 10.4. The van der Waals surface area contributed by atoms with E-state index in [9.17, 15) is 4.79 Å². The fraction of sp³-hybridized carbons (Fsp3) is 0.310. The summed E-state index contributed by atoms with van der Waals surface area (Å²) >= 11 is 0. The molecule has 11 heteroatoms. The van der Waals surface area contributed by atoms with Crippen LogP contribution in [0.5, 0.6) is 17.2 Å². The first-order valence-electron chi connectivity index (χ1n) is 12.9. The van der Waals surface area contributed by atoms with Crippen LogP contribution in [0, 0.1) is 0 Å². The third kappa shape index (κ3) is 5.66. The Morgan fingerprint density at radius 1 is 1.18 bits per heavy atom. The minimum Gasteiger partial charge on any atom is -0.494 e. The number of hydrogen-bond donors (Lipinski definition) is 2. The van der Waals surface area contributed by atoms with E-state index >= 15 is 0 Å². The highest BCUT2D eigenvalue weighted by molar-refractivity contribution is 6.01. The number of amides is 1. The van der Waals surface area contributed by atoms with Gasteiger partial charge in [0.1, 0.15) is 11.9 Å². The van der Waals surface area contributed by atoms with Gasteiger partial charge in [-0.1, -0.05) is 35.4 Å². The fourth-order valence-corrected chi connectivity index (χ4v) is 4.63. The van der Waals surface area contributed by atoms with Crippen LogP contribution in [0.3, 0.4) is 0 Å².